The van der Waals surface area contributed by atoms with Crippen molar-refractivity contribution in [1.29, 1.82) is 0 Å². The van der Waals surface area contributed by atoms with E-state index in [2.05, 4.69) is 15.9 Å². The van der Waals surface area contributed by atoms with Gasteiger partial charge in [0.2, 0.25) is 5.78 Å². The van der Waals surface area contributed by atoms with E-state index >= 15 is 0 Å². The largest absolute Gasteiger partial charge is 0.289 e. The fraction of sp³-hybridized carbons (Fsp3) is 0. The van der Waals surface area contributed by atoms with Crippen LogP contribution in [0.5, 0.6) is 0 Å². The average Bonchev–Trinajstić information content (AvgIpc) is 3.08. The number of fused-ring (bicyclic) bond motifs is 1. The van der Waals surface area contributed by atoms with Gasteiger partial charge in [0.15, 0.2) is 5.43 Å². The second-order valence-electron chi connectivity index (χ2n) is 5.90. The van der Waals surface area contributed by atoms with Crippen molar-refractivity contribution < 1.29 is 4.79 Å². The van der Waals surface area contributed by atoms with E-state index in [0.29, 0.717) is 26.1 Å². The van der Waals surface area contributed by atoms with Crippen LogP contribution >= 0.6 is 39.3 Å². The number of carbonyl (C=O) groups is 1. The van der Waals surface area contributed by atoms with Crippen LogP contribution in [0, 0.1) is 0 Å². The average molecular weight is 428 g/mol. The van der Waals surface area contributed by atoms with E-state index in [1.165, 1.54) is 11.8 Å². The number of hydrogen-bond donors (Lipinski definition) is 0. The summed E-state index contributed by atoms with van der Waals surface area (Å²) >= 11 is 11.3. The molecular formula is C20H8BrClO2S. The number of hydrogen-bond acceptors (Lipinski definition) is 3. The van der Waals surface area contributed by atoms with Crippen LogP contribution in [0.1, 0.15) is 10.4 Å². The Kier molecular flexibility index (Phi) is 3.26. The monoisotopic (exact) mass is 426 g/mol. The van der Waals surface area contributed by atoms with Gasteiger partial charge < -0.3 is 0 Å². The Balaban J connectivity index is 2.01. The van der Waals surface area contributed by atoms with Gasteiger partial charge in [-0.05, 0) is 35.7 Å². The maximum Gasteiger partial charge on any atom is 0.201 e. The molecule has 0 saturated carbocycles. The molecule has 1 aliphatic heterocycles. The van der Waals surface area contributed by atoms with Crippen molar-refractivity contribution in [1.82, 2.24) is 0 Å². The Bertz CT molecular complexity index is 1320. The first-order valence-electron chi connectivity index (χ1n) is 7.59. The normalized spacial score (nSPS) is 16.2. The maximum atomic E-state index is 13.1. The van der Waals surface area contributed by atoms with E-state index in [9.17, 15) is 9.59 Å². The molecule has 2 nitrogen and oxygen atoms in total. The summed E-state index contributed by atoms with van der Waals surface area (Å²) in [4.78, 5) is 27.4. The molecule has 0 radical (unpaired) electrons. The summed E-state index contributed by atoms with van der Waals surface area (Å²) < 4.78 is 0.839. The molecule has 1 aliphatic rings. The van der Waals surface area contributed by atoms with E-state index < -0.39 is 0 Å². The van der Waals surface area contributed by atoms with Crippen LogP contribution in [0.25, 0.3) is 26.5 Å². The topological polar surface area (TPSA) is 34.1 Å². The van der Waals surface area contributed by atoms with Gasteiger partial charge in [-0.1, -0.05) is 57.5 Å². The molecule has 5 heteroatoms. The molecule has 120 valence electrons. The van der Waals surface area contributed by atoms with Crippen LogP contribution in [0.4, 0.5) is 0 Å². The third-order valence-electron chi connectivity index (χ3n) is 4.58. The highest BCUT2D eigenvalue weighted by Crippen LogP contribution is 2.41. The number of thioether (sulfide) groups is 1. The van der Waals surface area contributed by atoms with E-state index in [-0.39, 0.29) is 11.2 Å². The lowest BCUT2D eigenvalue weighted by Crippen LogP contribution is -2.23. The zero-order chi connectivity index (χ0) is 17.3. The minimum absolute atomic E-state index is 0.0843. The van der Waals surface area contributed by atoms with E-state index in [0.717, 1.165) is 25.5 Å². The summed E-state index contributed by atoms with van der Waals surface area (Å²) in [7, 11) is 0. The highest BCUT2D eigenvalue weighted by molar-refractivity contribution is 9.10. The van der Waals surface area contributed by atoms with Crippen molar-refractivity contribution in [2.75, 3.05) is 0 Å². The van der Waals surface area contributed by atoms with Crippen molar-refractivity contribution >= 4 is 71.5 Å². The summed E-state index contributed by atoms with van der Waals surface area (Å²) in [5, 5.41) is 4.08. The molecule has 0 aromatic heterocycles. The second-order valence-corrected chi connectivity index (χ2v) is 8.21. The molecule has 0 spiro atoms. The van der Waals surface area contributed by atoms with Gasteiger partial charge >= 0.3 is 0 Å². The van der Waals surface area contributed by atoms with Crippen molar-refractivity contribution in [3.63, 3.8) is 0 Å². The van der Waals surface area contributed by atoms with Crippen LogP contribution in [-0.4, -0.2) is 5.78 Å². The number of benzene rings is 3. The summed E-state index contributed by atoms with van der Waals surface area (Å²) in [6.45, 7) is 0. The summed E-state index contributed by atoms with van der Waals surface area (Å²) in [6, 6.07) is 14.7. The molecule has 0 amide bonds. The molecule has 4 aromatic rings. The lowest BCUT2D eigenvalue weighted by molar-refractivity contribution is 0.105. The van der Waals surface area contributed by atoms with E-state index in [4.69, 9.17) is 11.6 Å². The van der Waals surface area contributed by atoms with Crippen LogP contribution in [0.15, 0.2) is 62.7 Å². The highest BCUT2D eigenvalue weighted by atomic mass is 79.9. The first-order valence-corrected chi connectivity index (χ1v) is 9.58. The zero-order valence-electron chi connectivity index (χ0n) is 12.6. The predicted molar refractivity (Wildman–Crippen MR) is 107 cm³/mol. The second kappa shape index (κ2) is 5.31. The van der Waals surface area contributed by atoms with Gasteiger partial charge in [0.1, 0.15) is 0 Å². The molecule has 4 aromatic carbocycles. The standard InChI is InChI=1S/C20H8BrClO2S/c21-12-7-5-10-15-11(6-8-13(22)17(12)15)18(23)16(10)20-19(24)9-3-1-2-4-14(9)25-20/h1-8H/b20-16+. The zero-order valence-corrected chi connectivity index (χ0v) is 15.8. The van der Waals surface area contributed by atoms with Gasteiger partial charge in [-0.25, -0.2) is 0 Å². The van der Waals surface area contributed by atoms with E-state index in [1.54, 1.807) is 18.2 Å². The molecule has 0 N–H and O–H groups in total. The Morgan fingerprint density at radius 1 is 0.880 bits per heavy atom. The summed E-state index contributed by atoms with van der Waals surface area (Å²) in [5.74, 6) is -0.0843. The molecule has 0 fully saturated rings. The van der Waals surface area contributed by atoms with Crippen LogP contribution in [-0.2, 0) is 0 Å². The fourth-order valence-corrected chi connectivity index (χ4v) is 5.54. The van der Waals surface area contributed by atoms with Crippen molar-refractivity contribution in [3.8, 4) is 0 Å². The molecule has 0 unspecified atom stereocenters. The van der Waals surface area contributed by atoms with Crippen molar-refractivity contribution in [2.45, 2.75) is 4.90 Å². The summed E-state index contributed by atoms with van der Waals surface area (Å²) in [6.07, 6.45) is 0. The Hall–Kier alpha value is -1.88. The first kappa shape index (κ1) is 15.4. The molecule has 0 bridgehead atoms. The van der Waals surface area contributed by atoms with Crippen LogP contribution in [0.3, 0.4) is 0 Å². The minimum atomic E-state index is -0.113. The smallest absolute Gasteiger partial charge is 0.201 e. The van der Waals surface area contributed by atoms with Gasteiger partial charge in [-0.2, -0.15) is 0 Å². The number of rotatable bonds is 0. The summed E-state index contributed by atoms with van der Waals surface area (Å²) in [5.41, 5.74) is 0.545. The molecule has 0 aliphatic carbocycles. The first-order chi connectivity index (χ1) is 12.1. The Labute approximate surface area is 159 Å². The van der Waals surface area contributed by atoms with Gasteiger partial charge in [-0.15, -0.1) is 0 Å². The lowest BCUT2D eigenvalue weighted by atomic mass is 10.1. The number of Topliss-reactive ketones (excluding diaryl/α,β-unsaturated/α-hetero) is 1. The quantitative estimate of drug-likeness (QED) is 0.395. The minimum Gasteiger partial charge on any atom is -0.289 e. The third kappa shape index (κ3) is 1.99. The number of ketones is 1. The maximum absolute atomic E-state index is 13.1. The molecular weight excluding hydrogens is 420 g/mol. The molecule has 0 saturated heterocycles. The Morgan fingerprint density at radius 3 is 2.44 bits per heavy atom. The van der Waals surface area contributed by atoms with Crippen LogP contribution in [0.2, 0.25) is 5.02 Å². The SMILES string of the molecule is O=C1/C(=c2\c(=O)c3ccc(Cl)c4c(Br)ccc2c43)Sc2ccccc21. The highest BCUT2D eigenvalue weighted by Gasteiger charge is 2.28. The van der Waals surface area contributed by atoms with Crippen LogP contribution < -0.4 is 10.6 Å². The molecule has 1 heterocycles. The van der Waals surface area contributed by atoms with Gasteiger partial charge in [0, 0.05) is 41.3 Å². The van der Waals surface area contributed by atoms with Gasteiger partial charge in [0.25, 0.3) is 0 Å². The molecule has 0 atom stereocenters. The number of carbonyl (C=O) groups excluding carboxylic acids is 1. The van der Waals surface area contributed by atoms with E-state index in [1.807, 2.05) is 30.3 Å². The molecule has 25 heavy (non-hydrogen) atoms. The Morgan fingerprint density at radius 2 is 1.64 bits per heavy atom. The predicted octanol–water partition coefficient (Wildman–Crippen LogP) is 5.02. The van der Waals surface area contributed by atoms with Crippen molar-refractivity contribution in [2.24, 2.45) is 0 Å². The van der Waals surface area contributed by atoms with Gasteiger partial charge in [0.05, 0.1) is 4.91 Å². The molecule has 5 rings (SSSR count). The third-order valence-corrected chi connectivity index (χ3v) is 6.72. The fourth-order valence-electron chi connectivity index (χ4n) is 3.48. The lowest BCUT2D eigenvalue weighted by Gasteiger charge is -2.03. The van der Waals surface area contributed by atoms with Gasteiger partial charge in [-0.3, -0.25) is 9.59 Å². The number of halogens is 2. The van der Waals surface area contributed by atoms with Crippen molar-refractivity contribution in [3.05, 3.63) is 79.0 Å².